The lowest BCUT2D eigenvalue weighted by Crippen LogP contribution is -2.42. The van der Waals surface area contributed by atoms with Gasteiger partial charge in [-0.15, -0.1) is 0 Å². The second-order valence-corrected chi connectivity index (χ2v) is 8.09. The number of nitrogens with one attached hydrogen (secondary N) is 2. The highest BCUT2D eigenvalue weighted by Gasteiger charge is 2.34. The first kappa shape index (κ1) is 24.5. The Bertz CT molecular complexity index is 607. The van der Waals surface area contributed by atoms with Crippen LogP contribution in [0.25, 0.3) is 0 Å². The maximum absolute atomic E-state index is 9.32. The van der Waals surface area contributed by atoms with Gasteiger partial charge in [0.05, 0.1) is 13.2 Å². The van der Waals surface area contributed by atoms with Gasteiger partial charge in [-0.3, -0.25) is 4.99 Å². The second kappa shape index (κ2) is 13.5. The third-order valence-corrected chi connectivity index (χ3v) is 5.90. The van der Waals surface area contributed by atoms with E-state index in [9.17, 15) is 5.11 Å². The van der Waals surface area contributed by atoms with E-state index in [4.69, 9.17) is 14.5 Å². The Morgan fingerprint density at radius 2 is 1.87 bits per heavy atom. The minimum Gasteiger partial charge on any atom is -0.494 e. The van der Waals surface area contributed by atoms with E-state index in [0.29, 0.717) is 12.5 Å². The van der Waals surface area contributed by atoms with Crippen molar-refractivity contribution in [1.29, 1.82) is 0 Å². The molecule has 0 saturated carbocycles. The number of hydrogen-bond acceptors (Lipinski definition) is 4. The number of aliphatic hydroxyl groups excluding tert-OH is 1. The van der Waals surface area contributed by atoms with Crippen LogP contribution in [0.5, 0.6) is 5.75 Å². The SMILES string of the molecule is CCCC(CCO)CNC(=NCC1(c2ccc(OCC)cc2)CCOCC1)NCC. The molecule has 6 nitrogen and oxygen atoms in total. The summed E-state index contributed by atoms with van der Waals surface area (Å²) in [6.45, 7) is 11.1. The molecule has 1 heterocycles. The number of ether oxygens (including phenoxy) is 2. The van der Waals surface area contributed by atoms with Crippen LogP contribution < -0.4 is 15.4 Å². The Kier molecular flexibility index (Phi) is 11.0. The van der Waals surface area contributed by atoms with Crippen molar-refractivity contribution in [2.24, 2.45) is 10.9 Å². The fourth-order valence-electron chi connectivity index (χ4n) is 4.12. The highest BCUT2D eigenvalue weighted by atomic mass is 16.5. The lowest BCUT2D eigenvalue weighted by molar-refractivity contribution is 0.0531. The first-order valence-corrected chi connectivity index (χ1v) is 11.6. The summed E-state index contributed by atoms with van der Waals surface area (Å²) in [6.07, 6.45) is 4.99. The number of guanidine groups is 1. The zero-order valence-corrected chi connectivity index (χ0v) is 19.1. The van der Waals surface area contributed by atoms with Crippen molar-refractivity contribution < 1.29 is 14.6 Å². The van der Waals surface area contributed by atoms with Crippen molar-refractivity contribution in [1.82, 2.24) is 10.6 Å². The highest BCUT2D eigenvalue weighted by molar-refractivity contribution is 5.79. The van der Waals surface area contributed by atoms with Gasteiger partial charge in [0.15, 0.2) is 5.96 Å². The third-order valence-electron chi connectivity index (χ3n) is 5.90. The van der Waals surface area contributed by atoms with E-state index in [1.165, 1.54) is 5.56 Å². The first-order valence-electron chi connectivity index (χ1n) is 11.6. The summed E-state index contributed by atoms with van der Waals surface area (Å²) in [7, 11) is 0. The van der Waals surface area contributed by atoms with Gasteiger partial charge in [0, 0.05) is 38.3 Å². The van der Waals surface area contributed by atoms with Crippen LogP contribution in [-0.4, -0.2) is 57.1 Å². The molecule has 1 aliphatic heterocycles. The molecule has 1 saturated heterocycles. The standard InChI is InChI=1S/C24H41N3O3/c1-4-7-20(12-15-28)18-26-23(25-5-2)27-19-24(13-16-29-17-14-24)21-8-10-22(11-9-21)30-6-3/h8-11,20,28H,4-7,12-19H2,1-3H3,(H2,25,26,27). The number of benzene rings is 1. The lowest BCUT2D eigenvalue weighted by atomic mass is 9.74. The zero-order valence-electron chi connectivity index (χ0n) is 19.1. The number of hydrogen-bond donors (Lipinski definition) is 3. The van der Waals surface area contributed by atoms with Crippen LogP contribution in [0.1, 0.15) is 58.4 Å². The van der Waals surface area contributed by atoms with Gasteiger partial charge in [0.1, 0.15) is 5.75 Å². The quantitative estimate of drug-likeness (QED) is 0.357. The van der Waals surface area contributed by atoms with Crippen LogP contribution >= 0.6 is 0 Å². The summed E-state index contributed by atoms with van der Waals surface area (Å²) >= 11 is 0. The molecular weight excluding hydrogens is 378 g/mol. The van der Waals surface area contributed by atoms with Crippen LogP contribution in [0, 0.1) is 5.92 Å². The van der Waals surface area contributed by atoms with Gasteiger partial charge >= 0.3 is 0 Å². The van der Waals surface area contributed by atoms with Crippen molar-refractivity contribution in [3.63, 3.8) is 0 Å². The Morgan fingerprint density at radius 1 is 1.13 bits per heavy atom. The molecule has 1 unspecified atom stereocenters. The van der Waals surface area contributed by atoms with E-state index in [0.717, 1.165) is 76.7 Å². The third kappa shape index (κ3) is 7.47. The minimum atomic E-state index is -0.0146. The van der Waals surface area contributed by atoms with Crippen LogP contribution in [0.4, 0.5) is 0 Å². The highest BCUT2D eigenvalue weighted by Crippen LogP contribution is 2.36. The summed E-state index contributed by atoms with van der Waals surface area (Å²) in [5.41, 5.74) is 1.29. The van der Waals surface area contributed by atoms with E-state index in [2.05, 4.69) is 48.7 Å². The minimum absolute atomic E-state index is 0.0146. The molecular formula is C24H41N3O3. The van der Waals surface area contributed by atoms with Gasteiger partial charge in [-0.2, -0.15) is 0 Å². The fraction of sp³-hybridized carbons (Fsp3) is 0.708. The molecule has 0 bridgehead atoms. The van der Waals surface area contributed by atoms with Crippen LogP contribution in [0.3, 0.4) is 0 Å². The molecule has 0 aliphatic carbocycles. The molecule has 0 aromatic heterocycles. The number of nitrogens with zero attached hydrogens (tertiary/aromatic N) is 1. The molecule has 0 radical (unpaired) electrons. The molecule has 3 N–H and O–H groups in total. The van der Waals surface area contributed by atoms with Gasteiger partial charge in [-0.05, 0) is 63.1 Å². The van der Waals surface area contributed by atoms with Gasteiger partial charge in [-0.25, -0.2) is 0 Å². The van der Waals surface area contributed by atoms with Gasteiger partial charge in [0.2, 0.25) is 0 Å². The molecule has 30 heavy (non-hydrogen) atoms. The Hall–Kier alpha value is -1.79. The summed E-state index contributed by atoms with van der Waals surface area (Å²) in [6, 6.07) is 8.50. The maximum Gasteiger partial charge on any atom is 0.191 e. The zero-order chi connectivity index (χ0) is 21.7. The average Bonchev–Trinajstić information content (AvgIpc) is 2.77. The lowest BCUT2D eigenvalue weighted by Gasteiger charge is -2.36. The molecule has 6 heteroatoms. The van der Waals surface area contributed by atoms with Gasteiger partial charge in [0.25, 0.3) is 0 Å². The molecule has 1 atom stereocenters. The van der Waals surface area contributed by atoms with Crippen molar-refractivity contribution in [3.05, 3.63) is 29.8 Å². The predicted octanol–water partition coefficient (Wildman–Crippen LogP) is 3.49. The van der Waals surface area contributed by atoms with Crippen LogP contribution in [-0.2, 0) is 10.2 Å². The summed E-state index contributed by atoms with van der Waals surface area (Å²) in [5.74, 6) is 2.23. The second-order valence-electron chi connectivity index (χ2n) is 8.09. The normalized spacial score (nSPS) is 17.4. The molecule has 0 spiro atoms. The van der Waals surface area contributed by atoms with Gasteiger partial charge < -0.3 is 25.2 Å². The smallest absolute Gasteiger partial charge is 0.191 e. The molecule has 0 amide bonds. The largest absolute Gasteiger partial charge is 0.494 e. The number of aliphatic imine (C=N–C) groups is 1. The van der Waals surface area contributed by atoms with Crippen molar-refractivity contribution in [3.8, 4) is 5.75 Å². The van der Waals surface area contributed by atoms with Crippen molar-refractivity contribution in [2.75, 3.05) is 46.1 Å². The molecule has 170 valence electrons. The topological polar surface area (TPSA) is 75.1 Å². The monoisotopic (exact) mass is 419 g/mol. The Labute approximate surface area is 182 Å². The van der Waals surface area contributed by atoms with E-state index in [1.54, 1.807) is 0 Å². The Balaban J connectivity index is 2.12. The summed E-state index contributed by atoms with van der Waals surface area (Å²) < 4.78 is 11.3. The number of aliphatic hydroxyl groups is 1. The first-order chi connectivity index (χ1) is 14.7. The molecule has 1 aromatic carbocycles. The van der Waals surface area contributed by atoms with E-state index in [-0.39, 0.29) is 12.0 Å². The van der Waals surface area contributed by atoms with Crippen molar-refractivity contribution in [2.45, 2.75) is 58.3 Å². The molecule has 1 aromatic rings. The van der Waals surface area contributed by atoms with Crippen LogP contribution in [0.2, 0.25) is 0 Å². The maximum atomic E-state index is 9.32. The summed E-state index contributed by atoms with van der Waals surface area (Å²) in [5, 5.41) is 16.2. The fourth-order valence-corrected chi connectivity index (χ4v) is 4.12. The molecule has 1 aliphatic rings. The van der Waals surface area contributed by atoms with Gasteiger partial charge in [-0.1, -0.05) is 25.5 Å². The molecule has 2 rings (SSSR count). The van der Waals surface area contributed by atoms with E-state index in [1.807, 2.05) is 6.92 Å². The van der Waals surface area contributed by atoms with Crippen molar-refractivity contribution >= 4 is 5.96 Å². The summed E-state index contributed by atoms with van der Waals surface area (Å²) in [4.78, 5) is 4.98. The average molecular weight is 420 g/mol. The van der Waals surface area contributed by atoms with E-state index < -0.39 is 0 Å². The Morgan fingerprint density at radius 3 is 2.47 bits per heavy atom. The van der Waals surface area contributed by atoms with Crippen LogP contribution in [0.15, 0.2) is 29.3 Å². The predicted molar refractivity (Wildman–Crippen MR) is 123 cm³/mol. The molecule has 1 fully saturated rings. The van der Waals surface area contributed by atoms with E-state index >= 15 is 0 Å². The number of rotatable bonds is 12.